The number of methoxy groups -OCH3 is 1. The summed E-state index contributed by atoms with van der Waals surface area (Å²) in [5.41, 5.74) is 10.5. The van der Waals surface area contributed by atoms with E-state index in [0.29, 0.717) is 0 Å². The number of rotatable bonds is 7. The zero-order chi connectivity index (χ0) is 25.6. The molecule has 2 heteroatoms. The first-order valence-corrected chi connectivity index (χ1v) is 12.6. The second-order valence-electron chi connectivity index (χ2n) is 9.25. The van der Waals surface area contributed by atoms with Gasteiger partial charge in [0.2, 0.25) is 0 Å². The summed E-state index contributed by atoms with van der Waals surface area (Å²) in [5.74, 6) is 0.854. The van der Waals surface area contributed by atoms with Gasteiger partial charge in [0.25, 0.3) is 0 Å². The highest BCUT2D eigenvalue weighted by Crippen LogP contribution is 2.35. The van der Waals surface area contributed by atoms with Crippen LogP contribution in [0.2, 0.25) is 0 Å². The van der Waals surface area contributed by atoms with Gasteiger partial charge in [-0.1, -0.05) is 90.0 Å². The number of nitrogens with zero attached hydrogens (tertiary/aromatic N) is 1. The minimum absolute atomic E-state index is 0.854. The number of benzene rings is 5. The van der Waals surface area contributed by atoms with E-state index in [0.717, 1.165) is 33.9 Å². The second kappa shape index (κ2) is 11.0. The molecule has 0 aliphatic carbocycles. The molecule has 37 heavy (non-hydrogen) atoms. The average Bonchev–Trinajstić information content (AvgIpc) is 2.95. The SMILES string of the molecule is COc1ccc(/C(=C/c2ccc(N(c3ccc(C)cc3)c3ccc(C)cc3)cc2)c2ccccc2)cc1. The summed E-state index contributed by atoms with van der Waals surface area (Å²) in [7, 11) is 1.70. The van der Waals surface area contributed by atoms with E-state index in [9.17, 15) is 0 Å². The molecule has 0 fully saturated rings. The van der Waals surface area contributed by atoms with Crippen LogP contribution in [0.3, 0.4) is 0 Å². The smallest absolute Gasteiger partial charge is 0.118 e. The first-order chi connectivity index (χ1) is 18.1. The van der Waals surface area contributed by atoms with Crippen LogP contribution in [0, 0.1) is 13.8 Å². The fraction of sp³-hybridized carbons (Fsp3) is 0.0857. The number of hydrogen-bond acceptors (Lipinski definition) is 2. The van der Waals surface area contributed by atoms with Crippen LogP contribution in [0.25, 0.3) is 11.6 Å². The van der Waals surface area contributed by atoms with Crippen molar-refractivity contribution in [3.05, 3.63) is 155 Å². The van der Waals surface area contributed by atoms with Crippen molar-refractivity contribution in [3.63, 3.8) is 0 Å². The van der Waals surface area contributed by atoms with Crippen molar-refractivity contribution in [2.75, 3.05) is 12.0 Å². The Morgan fingerprint density at radius 3 is 1.49 bits per heavy atom. The zero-order valence-corrected chi connectivity index (χ0v) is 21.6. The molecule has 0 N–H and O–H groups in total. The standard InChI is InChI=1S/C35H31NO/c1-26-9-17-31(18-10-26)36(32-19-11-27(2)12-20-32)33-21-13-28(14-22-33)25-35(29-7-5-4-6-8-29)30-15-23-34(37-3)24-16-30/h4-25H,1-3H3/b35-25+. The van der Waals surface area contributed by atoms with E-state index in [1.807, 2.05) is 12.1 Å². The van der Waals surface area contributed by atoms with Crippen molar-refractivity contribution < 1.29 is 4.74 Å². The van der Waals surface area contributed by atoms with E-state index in [2.05, 4.69) is 140 Å². The maximum absolute atomic E-state index is 5.37. The van der Waals surface area contributed by atoms with Crippen molar-refractivity contribution in [3.8, 4) is 5.75 Å². The van der Waals surface area contributed by atoms with E-state index in [1.54, 1.807) is 7.11 Å². The van der Waals surface area contributed by atoms with Crippen LogP contribution in [0.4, 0.5) is 17.1 Å². The predicted molar refractivity (Wildman–Crippen MR) is 157 cm³/mol. The van der Waals surface area contributed by atoms with Gasteiger partial charge in [-0.3, -0.25) is 0 Å². The van der Waals surface area contributed by atoms with E-state index >= 15 is 0 Å². The Morgan fingerprint density at radius 1 is 0.541 bits per heavy atom. The van der Waals surface area contributed by atoms with Crippen molar-refractivity contribution >= 4 is 28.7 Å². The lowest BCUT2D eigenvalue weighted by molar-refractivity contribution is 0.415. The quantitative estimate of drug-likeness (QED) is 0.215. The van der Waals surface area contributed by atoms with Crippen molar-refractivity contribution in [2.24, 2.45) is 0 Å². The number of anilines is 3. The Labute approximate surface area is 220 Å². The van der Waals surface area contributed by atoms with E-state index in [-0.39, 0.29) is 0 Å². The summed E-state index contributed by atoms with van der Waals surface area (Å²) < 4.78 is 5.37. The zero-order valence-electron chi connectivity index (χ0n) is 21.6. The van der Waals surface area contributed by atoms with Crippen molar-refractivity contribution in [1.29, 1.82) is 0 Å². The number of hydrogen-bond donors (Lipinski definition) is 0. The molecule has 0 amide bonds. The average molecular weight is 482 g/mol. The van der Waals surface area contributed by atoms with Crippen LogP contribution in [-0.2, 0) is 0 Å². The molecular formula is C35H31NO. The Balaban J connectivity index is 1.54. The van der Waals surface area contributed by atoms with Gasteiger partial charge in [0.1, 0.15) is 5.75 Å². The van der Waals surface area contributed by atoms with Gasteiger partial charge >= 0.3 is 0 Å². The lowest BCUT2D eigenvalue weighted by atomic mass is 9.95. The Hall–Kier alpha value is -4.56. The summed E-state index contributed by atoms with van der Waals surface area (Å²) in [6.45, 7) is 4.24. The van der Waals surface area contributed by atoms with Gasteiger partial charge in [-0.25, -0.2) is 0 Å². The first-order valence-electron chi connectivity index (χ1n) is 12.6. The van der Waals surface area contributed by atoms with E-state index in [4.69, 9.17) is 4.74 Å². The minimum atomic E-state index is 0.854. The van der Waals surface area contributed by atoms with E-state index in [1.165, 1.54) is 22.3 Å². The molecule has 0 bridgehead atoms. The van der Waals surface area contributed by atoms with Crippen LogP contribution >= 0.6 is 0 Å². The molecule has 0 aromatic heterocycles. The van der Waals surface area contributed by atoms with Gasteiger partial charge in [0.05, 0.1) is 7.11 Å². The Bertz CT molecular complexity index is 1420. The summed E-state index contributed by atoms with van der Waals surface area (Å²) in [6, 6.07) is 44.9. The molecule has 0 atom stereocenters. The Morgan fingerprint density at radius 2 is 1.00 bits per heavy atom. The van der Waals surface area contributed by atoms with Gasteiger partial charge in [0.15, 0.2) is 0 Å². The molecule has 5 aromatic rings. The Kier molecular flexibility index (Phi) is 7.19. The fourth-order valence-electron chi connectivity index (χ4n) is 4.44. The predicted octanol–water partition coefficient (Wildman–Crippen LogP) is 9.37. The van der Waals surface area contributed by atoms with Gasteiger partial charge in [-0.2, -0.15) is 0 Å². The summed E-state index contributed by atoms with van der Waals surface area (Å²) in [6.07, 6.45) is 2.25. The first kappa shape index (κ1) is 24.1. The largest absolute Gasteiger partial charge is 0.497 e. The molecule has 0 aliphatic rings. The maximum atomic E-state index is 5.37. The van der Waals surface area contributed by atoms with Crippen LogP contribution < -0.4 is 9.64 Å². The molecule has 0 aliphatic heterocycles. The fourth-order valence-corrected chi connectivity index (χ4v) is 4.44. The van der Waals surface area contributed by atoms with Gasteiger partial charge in [0, 0.05) is 17.1 Å². The topological polar surface area (TPSA) is 12.5 Å². The summed E-state index contributed by atoms with van der Waals surface area (Å²) in [4.78, 5) is 2.30. The molecule has 182 valence electrons. The normalized spacial score (nSPS) is 11.3. The molecular weight excluding hydrogens is 450 g/mol. The van der Waals surface area contributed by atoms with Crippen molar-refractivity contribution in [1.82, 2.24) is 0 Å². The van der Waals surface area contributed by atoms with Gasteiger partial charge in [-0.15, -0.1) is 0 Å². The molecule has 0 heterocycles. The number of aryl methyl sites for hydroxylation is 2. The van der Waals surface area contributed by atoms with Crippen molar-refractivity contribution in [2.45, 2.75) is 13.8 Å². The minimum Gasteiger partial charge on any atom is -0.497 e. The highest BCUT2D eigenvalue weighted by atomic mass is 16.5. The lowest BCUT2D eigenvalue weighted by Gasteiger charge is -2.26. The number of ether oxygens (including phenoxy) is 1. The van der Waals surface area contributed by atoms with Crippen LogP contribution in [0.15, 0.2) is 127 Å². The van der Waals surface area contributed by atoms with Crippen LogP contribution in [-0.4, -0.2) is 7.11 Å². The molecule has 5 rings (SSSR count). The molecule has 0 saturated carbocycles. The molecule has 0 saturated heterocycles. The highest BCUT2D eigenvalue weighted by molar-refractivity contribution is 5.92. The van der Waals surface area contributed by atoms with Crippen LogP contribution in [0.1, 0.15) is 27.8 Å². The lowest BCUT2D eigenvalue weighted by Crippen LogP contribution is -2.09. The third-order valence-corrected chi connectivity index (χ3v) is 6.53. The van der Waals surface area contributed by atoms with Crippen LogP contribution in [0.5, 0.6) is 5.75 Å². The molecule has 0 unspecified atom stereocenters. The molecule has 5 aromatic carbocycles. The molecule has 0 radical (unpaired) electrons. The van der Waals surface area contributed by atoms with Gasteiger partial charge in [-0.05, 0) is 90.7 Å². The molecule has 0 spiro atoms. The third-order valence-electron chi connectivity index (χ3n) is 6.53. The summed E-state index contributed by atoms with van der Waals surface area (Å²) >= 11 is 0. The highest BCUT2D eigenvalue weighted by Gasteiger charge is 2.13. The third kappa shape index (κ3) is 5.65. The molecule has 2 nitrogen and oxygen atoms in total. The monoisotopic (exact) mass is 481 g/mol. The summed E-state index contributed by atoms with van der Waals surface area (Å²) in [5, 5.41) is 0. The second-order valence-corrected chi connectivity index (χ2v) is 9.25. The maximum Gasteiger partial charge on any atom is 0.118 e. The van der Waals surface area contributed by atoms with Gasteiger partial charge < -0.3 is 9.64 Å². The van der Waals surface area contributed by atoms with E-state index < -0.39 is 0 Å².